The quantitative estimate of drug-likeness (QED) is 0.567. The van der Waals surface area contributed by atoms with E-state index in [4.69, 9.17) is 8.37 Å². The summed E-state index contributed by atoms with van der Waals surface area (Å²) in [6, 6.07) is 12.8. The van der Waals surface area contributed by atoms with Crippen LogP contribution in [0.1, 0.15) is 31.4 Å². The monoisotopic (exact) mass is 426 g/mol. The number of aryl methyl sites for hydroxylation is 2. The van der Waals surface area contributed by atoms with Crippen LogP contribution in [0.15, 0.2) is 58.3 Å². The predicted molar refractivity (Wildman–Crippen MR) is 107 cm³/mol. The Balaban J connectivity index is 1.91. The Morgan fingerprint density at radius 1 is 0.714 bits per heavy atom. The Bertz CT molecular complexity index is 990. The molecule has 0 aliphatic heterocycles. The van der Waals surface area contributed by atoms with Crippen molar-refractivity contribution in [2.75, 3.05) is 13.2 Å². The van der Waals surface area contributed by atoms with E-state index in [9.17, 15) is 16.8 Å². The minimum atomic E-state index is -3.87. The topological polar surface area (TPSA) is 86.7 Å². The summed E-state index contributed by atoms with van der Waals surface area (Å²) in [4.78, 5) is 0.182. The van der Waals surface area contributed by atoms with Gasteiger partial charge in [-0.1, -0.05) is 49.2 Å². The fourth-order valence-electron chi connectivity index (χ4n) is 2.28. The van der Waals surface area contributed by atoms with Gasteiger partial charge in [0.1, 0.15) is 0 Å². The van der Waals surface area contributed by atoms with Crippen LogP contribution in [0.4, 0.5) is 0 Å². The summed E-state index contributed by atoms with van der Waals surface area (Å²) in [7, 11) is -7.72. The lowest BCUT2D eigenvalue weighted by atomic mass is 9.91. The Morgan fingerprint density at radius 3 is 1.54 bits per heavy atom. The van der Waals surface area contributed by atoms with Crippen LogP contribution in [0.5, 0.6) is 0 Å². The van der Waals surface area contributed by atoms with E-state index in [1.165, 1.54) is 24.3 Å². The van der Waals surface area contributed by atoms with Crippen molar-refractivity contribution in [2.45, 2.75) is 43.9 Å². The minimum Gasteiger partial charge on any atom is -0.266 e. The SMILES string of the molecule is Cc1ccc(S(=O)(=O)OCCC(C)(C)COS(=O)(=O)c2ccc(C)cc2)cc1. The van der Waals surface area contributed by atoms with Gasteiger partial charge in [0.15, 0.2) is 0 Å². The molecule has 0 atom stereocenters. The lowest BCUT2D eigenvalue weighted by molar-refractivity contribution is 0.149. The summed E-state index contributed by atoms with van der Waals surface area (Å²) in [6.45, 7) is 7.16. The average molecular weight is 427 g/mol. The van der Waals surface area contributed by atoms with Gasteiger partial charge in [0.2, 0.25) is 0 Å². The second-order valence-corrected chi connectivity index (χ2v) is 10.8. The highest BCUT2D eigenvalue weighted by Gasteiger charge is 2.25. The fraction of sp³-hybridized carbons (Fsp3) is 0.400. The van der Waals surface area contributed by atoms with Crippen LogP contribution in [-0.2, 0) is 28.6 Å². The number of benzene rings is 2. The molecule has 0 bridgehead atoms. The van der Waals surface area contributed by atoms with Crippen LogP contribution in [0.2, 0.25) is 0 Å². The molecule has 0 saturated carbocycles. The molecule has 0 saturated heterocycles. The zero-order valence-electron chi connectivity index (χ0n) is 16.5. The molecule has 0 amide bonds. The van der Waals surface area contributed by atoms with Crippen molar-refractivity contribution in [1.82, 2.24) is 0 Å². The van der Waals surface area contributed by atoms with Crippen LogP contribution in [0.3, 0.4) is 0 Å². The van der Waals surface area contributed by atoms with Gasteiger partial charge >= 0.3 is 0 Å². The molecule has 8 heteroatoms. The average Bonchev–Trinajstić information content (AvgIpc) is 2.61. The molecule has 0 spiro atoms. The van der Waals surface area contributed by atoms with E-state index in [1.807, 2.05) is 13.8 Å². The first kappa shape index (κ1) is 22.5. The normalized spacial score (nSPS) is 12.9. The lowest BCUT2D eigenvalue weighted by Crippen LogP contribution is -2.24. The van der Waals surface area contributed by atoms with Gasteiger partial charge in [0.05, 0.1) is 23.0 Å². The molecule has 6 nitrogen and oxygen atoms in total. The molecule has 0 N–H and O–H groups in total. The molecule has 0 aromatic heterocycles. The molecule has 0 radical (unpaired) electrons. The standard InChI is InChI=1S/C20H26O6S2/c1-16-5-9-18(10-6-16)27(21,22)25-14-13-20(3,4)15-26-28(23,24)19-11-7-17(2)8-12-19/h5-12H,13-15H2,1-4H3. The summed E-state index contributed by atoms with van der Waals surface area (Å²) in [6.07, 6.45) is 0.307. The second-order valence-electron chi connectivity index (χ2n) is 7.53. The molecule has 0 fully saturated rings. The van der Waals surface area contributed by atoms with Crippen molar-refractivity contribution in [2.24, 2.45) is 5.41 Å². The third-order valence-electron chi connectivity index (χ3n) is 4.24. The van der Waals surface area contributed by atoms with Crippen molar-refractivity contribution in [1.29, 1.82) is 0 Å². The van der Waals surface area contributed by atoms with Crippen molar-refractivity contribution < 1.29 is 25.2 Å². The molecule has 2 aromatic carbocycles. The maximum Gasteiger partial charge on any atom is 0.296 e. The first-order chi connectivity index (χ1) is 12.9. The Kier molecular flexibility index (Phi) is 7.03. The summed E-state index contributed by atoms with van der Waals surface area (Å²) in [5.41, 5.74) is 1.30. The van der Waals surface area contributed by atoms with Gasteiger partial charge in [-0.2, -0.15) is 16.8 Å². The van der Waals surface area contributed by atoms with Crippen LogP contribution in [0.25, 0.3) is 0 Å². The number of rotatable bonds is 9. The molecule has 2 aromatic rings. The van der Waals surface area contributed by atoms with Gasteiger partial charge in [-0.3, -0.25) is 8.37 Å². The molecule has 28 heavy (non-hydrogen) atoms. The van der Waals surface area contributed by atoms with E-state index in [0.29, 0.717) is 6.42 Å². The van der Waals surface area contributed by atoms with E-state index in [-0.39, 0.29) is 23.0 Å². The third-order valence-corrected chi connectivity index (χ3v) is 6.85. The Labute approximate surface area is 167 Å². The largest absolute Gasteiger partial charge is 0.296 e. The van der Waals surface area contributed by atoms with E-state index in [0.717, 1.165) is 11.1 Å². The summed E-state index contributed by atoms with van der Waals surface area (Å²) in [5.74, 6) is 0. The van der Waals surface area contributed by atoms with E-state index in [2.05, 4.69) is 0 Å². The van der Waals surface area contributed by atoms with E-state index >= 15 is 0 Å². The van der Waals surface area contributed by atoms with Crippen LogP contribution in [0, 0.1) is 19.3 Å². The molecule has 0 aliphatic carbocycles. The van der Waals surface area contributed by atoms with Crippen LogP contribution in [-0.4, -0.2) is 30.0 Å². The van der Waals surface area contributed by atoms with E-state index < -0.39 is 25.7 Å². The molecule has 0 heterocycles. The van der Waals surface area contributed by atoms with Crippen molar-refractivity contribution in [3.05, 3.63) is 59.7 Å². The van der Waals surface area contributed by atoms with Gasteiger partial charge in [-0.15, -0.1) is 0 Å². The summed E-state index contributed by atoms with van der Waals surface area (Å²) in [5, 5.41) is 0. The van der Waals surface area contributed by atoms with Crippen molar-refractivity contribution >= 4 is 20.2 Å². The maximum atomic E-state index is 12.3. The smallest absolute Gasteiger partial charge is 0.266 e. The number of hydrogen-bond donors (Lipinski definition) is 0. The molecule has 154 valence electrons. The van der Waals surface area contributed by atoms with Crippen LogP contribution < -0.4 is 0 Å². The fourth-order valence-corrected chi connectivity index (χ4v) is 4.27. The lowest BCUT2D eigenvalue weighted by Gasteiger charge is -2.23. The third kappa shape index (κ3) is 6.41. The molecule has 0 aliphatic rings. The van der Waals surface area contributed by atoms with Crippen molar-refractivity contribution in [3.63, 3.8) is 0 Å². The molecular weight excluding hydrogens is 400 g/mol. The molecule has 2 rings (SSSR count). The predicted octanol–water partition coefficient (Wildman–Crippen LogP) is 3.83. The number of hydrogen-bond acceptors (Lipinski definition) is 6. The molecule has 0 unspecified atom stereocenters. The van der Waals surface area contributed by atoms with Gasteiger partial charge in [-0.05, 0) is 49.9 Å². The van der Waals surface area contributed by atoms with Gasteiger partial charge in [0.25, 0.3) is 20.2 Å². The van der Waals surface area contributed by atoms with E-state index in [1.54, 1.807) is 38.1 Å². The van der Waals surface area contributed by atoms with Crippen LogP contribution >= 0.6 is 0 Å². The Hall–Kier alpha value is -1.74. The highest BCUT2D eigenvalue weighted by atomic mass is 32.2. The first-order valence-electron chi connectivity index (χ1n) is 8.84. The zero-order valence-corrected chi connectivity index (χ0v) is 18.1. The first-order valence-corrected chi connectivity index (χ1v) is 11.7. The zero-order chi connectivity index (χ0) is 21.0. The summed E-state index contributed by atoms with van der Waals surface area (Å²) < 4.78 is 59.2. The highest BCUT2D eigenvalue weighted by Crippen LogP contribution is 2.25. The Morgan fingerprint density at radius 2 is 1.11 bits per heavy atom. The van der Waals surface area contributed by atoms with Crippen molar-refractivity contribution in [3.8, 4) is 0 Å². The second kappa shape index (κ2) is 8.73. The van der Waals surface area contributed by atoms with Gasteiger partial charge in [-0.25, -0.2) is 0 Å². The summed E-state index contributed by atoms with van der Waals surface area (Å²) >= 11 is 0. The highest BCUT2D eigenvalue weighted by molar-refractivity contribution is 7.87. The minimum absolute atomic E-state index is 0.0723. The molecular formula is C20H26O6S2. The maximum absolute atomic E-state index is 12.3. The van der Waals surface area contributed by atoms with Gasteiger partial charge < -0.3 is 0 Å². The van der Waals surface area contributed by atoms with Gasteiger partial charge in [0, 0.05) is 0 Å².